The van der Waals surface area contributed by atoms with Gasteiger partial charge in [0.25, 0.3) is 5.91 Å². The minimum atomic E-state index is -3.89. The summed E-state index contributed by atoms with van der Waals surface area (Å²) in [6.45, 7) is 12.7. The zero-order valence-electron chi connectivity index (χ0n) is 35.6. The van der Waals surface area contributed by atoms with E-state index in [0.29, 0.717) is 30.9 Å². The summed E-state index contributed by atoms with van der Waals surface area (Å²) in [6.07, 6.45) is 21.0. The summed E-state index contributed by atoms with van der Waals surface area (Å²) < 4.78 is 54.6. The van der Waals surface area contributed by atoms with E-state index < -0.39 is 37.2 Å². The average molecular weight is 853 g/mol. The molecule has 0 spiro atoms. The maximum Gasteiger partial charge on any atom is 0.278 e. The first-order valence-corrected chi connectivity index (χ1v) is 24.7. The van der Waals surface area contributed by atoms with Gasteiger partial charge in [-0.25, -0.2) is 31.3 Å². The first kappa shape index (κ1) is 50.3. The highest BCUT2D eigenvalue weighted by Gasteiger charge is 2.32. The molecule has 2 aromatic carbocycles. The van der Waals surface area contributed by atoms with Crippen molar-refractivity contribution in [3.8, 4) is 0 Å². The third-order valence-electron chi connectivity index (χ3n) is 9.84. The van der Waals surface area contributed by atoms with Gasteiger partial charge in [0.15, 0.2) is 11.5 Å². The van der Waals surface area contributed by atoms with Gasteiger partial charge >= 0.3 is 0 Å². The lowest BCUT2D eigenvalue weighted by Gasteiger charge is -2.24. The van der Waals surface area contributed by atoms with Crippen molar-refractivity contribution < 1.29 is 26.4 Å². The van der Waals surface area contributed by atoms with Crippen molar-refractivity contribution in [2.45, 2.75) is 149 Å². The van der Waals surface area contributed by atoms with Gasteiger partial charge in [0.1, 0.15) is 0 Å². The highest BCUT2D eigenvalue weighted by molar-refractivity contribution is 7.89. The number of sulfonamides is 2. The van der Waals surface area contributed by atoms with Crippen LogP contribution in [0.1, 0.15) is 143 Å². The number of carbonyl (C=O) groups is 2. The second kappa shape index (κ2) is 25.6. The molecule has 14 heteroatoms. The van der Waals surface area contributed by atoms with E-state index in [1.807, 2.05) is 17.9 Å². The number of halogens is 1. The van der Waals surface area contributed by atoms with Gasteiger partial charge in [-0.3, -0.25) is 9.59 Å². The van der Waals surface area contributed by atoms with Gasteiger partial charge < -0.3 is 10.2 Å². The number of anilines is 2. The highest BCUT2D eigenvalue weighted by atomic mass is 35.5. The van der Waals surface area contributed by atoms with Crippen molar-refractivity contribution >= 4 is 66.1 Å². The third kappa shape index (κ3) is 19.6. The van der Waals surface area contributed by atoms with Gasteiger partial charge in [-0.15, -0.1) is 0 Å². The first-order valence-electron chi connectivity index (χ1n) is 20.9. The van der Waals surface area contributed by atoms with Crippen LogP contribution in [0, 0.1) is 12.3 Å². The number of benzene rings is 2. The summed E-state index contributed by atoms with van der Waals surface area (Å²) in [4.78, 5) is 33.8. The SMILES string of the molecule is CCCCCCCCCCCCCCCCCCNS(=O)(=O)c1ccc(Cl)c(NC(=O)C(=Nc2ccc(N(CC)CCNS(C)(=O)=O)cc2C)C(=O)C(C)(C)C)c1. The van der Waals surface area contributed by atoms with Gasteiger partial charge in [-0.05, 0) is 62.2 Å². The molecular weight excluding hydrogens is 782 g/mol. The molecule has 1 amide bonds. The number of rotatable bonds is 29. The lowest BCUT2D eigenvalue weighted by Crippen LogP contribution is -2.37. The predicted octanol–water partition coefficient (Wildman–Crippen LogP) is 9.89. The van der Waals surface area contributed by atoms with E-state index in [1.54, 1.807) is 39.8 Å². The average Bonchev–Trinajstić information content (AvgIpc) is 3.13. The van der Waals surface area contributed by atoms with E-state index in [9.17, 15) is 26.4 Å². The number of aliphatic imine (C=N–C) groups is 1. The Morgan fingerprint density at radius 1 is 0.737 bits per heavy atom. The van der Waals surface area contributed by atoms with Crippen molar-refractivity contribution in [3.05, 3.63) is 47.0 Å². The molecule has 2 rings (SSSR count). The van der Waals surface area contributed by atoms with Gasteiger partial charge in [-0.1, -0.05) is 136 Å². The van der Waals surface area contributed by atoms with Crippen LogP contribution in [0.25, 0.3) is 0 Å². The number of Topliss-reactive ketones (excluding diaryl/α,β-unsaturated/α-hetero) is 1. The Bertz CT molecular complexity index is 1810. The molecule has 0 unspecified atom stereocenters. The molecular formula is C43H70ClN5O6S2. The Balaban J connectivity index is 1.98. The van der Waals surface area contributed by atoms with E-state index in [2.05, 4.69) is 26.7 Å². The lowest BCUT2D eigenvalue weighted by atomic mass is 9.87. The van der Waals surface area contributed by atoms with Crippen LogP contribution in [0.2, 0.25) is 5.02 Å². The Kier molecular flexibility index (Phi) is 22.6. The molecule has 3 N–H and O–H groups in total. The molecule has 0 radical (unpaired) electrons. The summed E-state index contributed by atoms with van der Waals surface area (Å²) in [5.41, 5.74) is 0.638. The quantitative estimate of drug-likeness (QED) is 0.0418. The number of carbonyl (C=O) groups excluding carboxylic acids is 2. The van der Waals surface area contributed by atoms with E-state index in [1.165, 1.54) is 95.2 Å². The molecule has 322 valence electrons. The summed E-state index contributed by atoms with van der Waals surface area (Å²) in [5, 5.41) is 2.74. The molecule has 0 atom stereocenters. The molecule has 0 aliphatic carbocycles. The van der Waals surface area contributed by atoms with Crippen molar-refractivity contribution in [3.63, 3.8) is 0 Å². The molecule has 57 heavy (non-hydrogen) atoms. The zero-order valence-corrected chi connectivity index (χ0v) is 38.0. The monoisotopic (exact) mass is 851 g/mol. The largest absolute Gasteiger partial charge is 0.370 e. The van der Waals surface area contributed by atoms with E-state index in [-0.39, 0.29) is 27.9 Å². The van der Waals surface area contributed by atoms with Crippen LogP contribution in [-0.2, 0) is 29.6 Å². The number of likely N-dealkylation sites (N-methyl/N-ethyl adjacent to an activating group) is 1. The molecule has 0 aliphatic rings. The zero-order chi connectivity index (χ0) is 42.5. The second-order valence-electron chi connectivity index (χ2n) is 16.1. The minimum Gasteiger partial charge on any atom is -0.370 e. The van der Waals surface area contributed by atoms with Crippen molar-refractivity contribution in [2.24, 2.45) is 10.4 Å². The standard InChI is InChI=1S/C43H70ClN5O6S2/c1-8-10-11-12-13-14-15-16-17-18-19-20-21-22-23-24-29-46-57(54,55)36-26-27-37(44)39(33-36)48-42(51)40(41(50)43(4,5)6)47-38-28-25-35(32-34(38)3)49(9-2)31-30-45-56(7,52)53/h25-28,32-33,45-46H,8-24,29-31H2,1-7H3,(H,48,51). The summed E-state index contributed by atoms with van der Waals surface area (Å²) in [6, 6.07) is 9.42. The topological polar surface area (TPSA) is 154 Å². The molecule has 11 nitrogen and oxygen atoms in total. The molecule has 0 saturated carbocycles. The van der Waals surface area contributed by atoms with Crippen LogP contribution in [0.5, 0.6) is 0 Å². The minimum absolute atomic E-state index is 0.0368. The number of hydrogen-bond acceptors (Lipinski definition) is 8. The number of aryl methyl sites for hydroxylation is 1. The van der Waals surface area contributed by atoms with Gasteiger partial charge in [0.2, 0.25) is 20.0 Å². The van der Waals surface area contributed by atoms with Crippen LogP contribution >= 0.6 is 11.6 Å². The van der Waals surface area contributed by atoms with Crippen molar-refractivity contribution in [1.82, 2.24) is 9.44 Å². The van der Waals surface area contributed by atoms with Gasteiger partial charge in [0.05, 0.1) is 27.5 Å². The van der Waals surface area contributed by atoms with Crippen molar-refractivity contribution in [2.75, 3.05) is 42.7 Å². The maximum absolute atomic E-state index is 13.7. The Morgan fingerprint density at radius 2 is 1.28 bits per heavy atom. The lowest BCUT2D eigenvalue weighted by molar-refractivity contribution is -0.121. The molecule has 0 fully saturated rings. The Morgan fingerprint density at radius 3 is 1.77 bits per heavy atom. The first-order chi connectivity index (χ1) is 26.9. The molecule has 0 bridgehead atoms. The van der Waals surface area contributed by atoms with Gasteiger partial charge in [0, 0.05) is 37.3 Å². The number of nitrogens with zero attached hydrogens (tertiary/aromatic N) is 2. The van der Waals surface area contributed by atoms with Crippen LogP contribution in [0.15, 0.2) is 46.3 Å². The van der Waals surface area contributed by atoms with Crippen LogP contribution in [0.4, 0.5) is 17.1 Å². The van der Waals surface area contributed by atoms with Crippen LogP contribution in [0.3, 0.4) is 0 Å². The molecule has 2 aromatic rings. The molecule has 0 saturated heterocycles. The van der Waals surface area contributed by atoms with Crippen molar-refractivity contribution in [1.29, 1.82) is 0 Å². The Hall–Kier alpha value is -2.84. The fourth-order valence-electron chi connectivity index (χ4n) is 6.39. The molecule has 0 aliphatic heterocycles. The van der Waals surface area contributed by atoms with E-state index in [0.717, 1.165) is 37.6 Å². The van der Waals surface area contributed by atoms with E-state index >= 15 is 0 Å². The number of nitrogens with one attached hydrogen (secondary N) is 3. The third-order valence-corrected chi connectivity index (χ3v) is 12.4. The fourth-order valence-corrected chi connectivity index (χ4v) is 8.12. The normalized spacial score (nSPS) is 12.5. The summed E-state index contributed by atoms with van der Waals surface area (Å²) >= 11 is 6.43. The fraction of sp³-hybridized carbons (Fsp3) is 0.651. The van der Waals surface area contributed by atoms with Crippen LogP contribution in [-0.4, -0.2) is 66.7 Å². The second-order valence-corrected chi connectivity index (χ2v) is 20.1. The predicted molar refractivity (Wildman–Crippen MR) is 238 cm³/mol. The number of unbranched alkanes of at least 4 members (excludes halogenated alkanes) is 15. The number of hydrogen-bond donors (Lipinski definition) is 3. The maximum atomic E-state index is 13.7. The highest BCUT2D eigenvalue weighted by Crippen LogP contribution is 2.29. The summed E-state index contributed by atoms with van der Waals surface area (Å²) in [5.74, 6) is -1.33. The number of amides is 1. The Labute approximate surface area is 349 Å². The summed E-state index contributed by atoms with van der Waals surface area (Å²) in [7, 11) is -7.21. The van der Waals surface area contributed by atoms with E-state index in [4.69, 9.17) is 11.6 Å². The molecule has 0 aromatic heterocycles. The van der Waals surface area contributed by atoms with Crippen LogP contribution < -0.4 is 19.7 Å². The molecule has 0 heterocycles. The number of ketones is 1. The smallest absolute Gasteiger partial charge is 0.278 e. The van der Waals surface area contributed by atoms with Gasteiger partial charge in [-0.2, -0.15) is 0 Å².